The van der Waals surface area contributed by atoms with Crippen LogP contribution in [-0.4, -0.2) is 59.8 Å². The van der Waals surface area contributed by atoms with Gasteiger partial charge in [-0.3, -0.25) is 4.79 Å². The Labute approximate surface area is 127 Å². The Morgan fingerprint density at radius 1 is 1.50 bits per heavy atom. The quantitative estimate of drug-likeness (QED) is 0.791. The molecule has 1 aliphatic heterocycles. The van der Waals surface area contributed by atoms with E-state index in [0.29, 0.717) is 25.4 Å². The number of carbonyl (C=O) groups is 2. The maximum atomic E-state index is 11.8. The van der Waals surface area contributed by atoms with Gasteiger partial charge in [0.2, 0.25) is 5.91 Å². The van der Waals surface area contributed by atoms with E-state index in [9.17, 15) is 9.59 Å². The average molecular weight is 302 g/mol. The van der Waals surface area contributed by atoms with E-state index in [-0.39, 0.29) is 12.0 Å². The van der Waals surface area contributed by atoms with Crippen LogP contribution in [0.4, 0.5) is 4.79 Å². The molecule has 0 N–H and O–H groups in total. The lowest BCUT2D eigenvalue weighted by Crippen LogP contribution is -2.36. The van der Waals surface area contributed by atoms with Gasteiger partial charge in [-0.05, 0) is 38.9 Å². The van der Waals surface area contributed by atoms with E-state index in [0.717, 1.165) is 18.7 Å². The number of thiol groups is 1. The predicted octanol–water partition coefficient (Wildman–Crippen LogP) is 2.02. The molecule has 1 rings (SSSR count). The van der Waals surface area contributed by atoms with Crippen LogP contribution in [0.2, 0.25) is 0 Å². The van der Waals surface area contributed by atoms with Crippen LogP contribution in [0.15, 0.2) is 0 Å². The molecule has 1 fully saturated rings. The largest absolute Gasteiger partial charge is 0.444 e. The average Bonchev–Trinajstić information content (AvgIpc) is 2.68. The second-order valence-corrected chi connectivity index (χ2v) is 6.71. The summed E-state index contributed by atoms with van der Waals surface area (Å²) in [4.78, 5) is 26.9. The summed E-state index contributed by atoms with van der Waals surface area (Å²) >= 11 is 4.24. The first-order valence-corrected chi connectivity index (χ1v) is 7.69. The number of likely N-dealkylation sites (tertiary alicyclic amines) is 1. The maximum absolute atomic E-state index is 11.8. The van der Waals surface area contributed by atoms with Crippen molar-refractivity contribution in [3.8, 4) is 0 Å². The smallest absolute Gasteiger partial charge is 0.410 e. The van der Waals surface area contributed by atoms with Gasteiger partial charge in [0, 0.05) is 33.1 Å². The van der Waals surface area contributed by atoms with Gasteiger partial charge in [0.1, 0.15) is 5.60 Å². The minimum atomic E-state index is -0.476. The Balaban J connectivity index is 2.27. The molecule has 0 aromatic heterocycles. The van der Waals surface area contributed by atoms with Crippen LogP contribution in [0.5, 0.6) is 0 Å². The van der Waals surface area contributed by atoms with Crippen molar-refractivity contribution in [1.29, 1.82) is 0 Å². The van der Waals surface area contributed by atoms with Crippen molar-refractivity contribution in [2.75, 3.05) is 32.4 Å². The molecule has 0 radical (unpaired) electrons. The highest BCUT2D eigenvalue weighted by molar-refractivity contribution is 7.80. The molecule has 1 heterocycles. The summed E-state index contributed by atoms with van der Waals surface area (Å²) in [5.74, 6) is 1.32. The van der Waals surface area contributed by atoms with E-state index >= 15 is 0 Å². The lowest BCUT2D eigenvalue weighted by Gasteiger charge is -2.25. The number of carbonyl (C=O) groups excluding carboxylic acids is 2. The Kier molecular flexibility index (Phi) is 6.17. The topological polar surface area (TPSA) is 49.9 Å². The third-order valence-electron chi connectivity index (χ3n) is 3.18. The van der Waals surface area contributed by atoms with Crippen molar-refractivity contribution in [2.24, 2.45) is 5.92 Å². The molecule has 2 amide bonds. The minimum absolute atomic E-state index is 0.198. The SMILES string of the molecule is CN(CCCN1CC(CS)CC1=O)C(=O)OC(C)(C)C. The molecule has 0 aliphatic carbocycles. The highest BCUT2D eigenvalue weighted by Gasteiger charge is 2.28. The van der Waals surface area contributed by atoms with Gasteiger partial charge in [-0.15, -0.1) is 0 Å². The van der Waals surface area contributed by atoms with Gasteiger partial charge >= 0.3 is 6.09 Å². The zero-order chi connectivity index (χ0) is 15.3. The number of amides is 2. The zero-order valence-electron chi connectivity index (χ0n) is 12.9. The maximum Gasteiger partial charge on any atom is 0.410 e. The van der Waals surface area contributed by atoms with Crippen LogP contribution in [0.1, 0.15) is 33.6 Å². The molecular weight excluding hydrogens is 276 g/mol. The van der Waals surface area contributed by atoms with E-state index in [2.05, 4.69) is 12.6 Å². The minimum Gasteiger partial charge on any atom is -0.444 e. The highest BCUT2D eigenvalue weighted by atomic mass is 32.1. The molecule has 0 aromatic carbocycles. The Morgan fingerprint density at radius 3 is 2.65 bits per heavy atom. The third kappa shape index (κ3) is 5.61. The molecule has 116 valence electrons. The number of hydrogen-bond donors (Lipinski definition) is 1. The summed E-state index contributed by atoms with van der Waals surface area (Å²) in [5.41, 5.74) is -0.476. The summed E-state index contributed by atoms with van der Waals surface area (Å²) in [7, 11) is 1.72. The van der Waals surface area contributed by atoms with Crippen LogP contribution in [0.3, 0.4) is 0 Å². The molecule has 5 nitrogen and oxygen atoms in total. The number of ether oxygens (including phenoxy) is 1. The van der Waals surface area contributed by atoms with Crippen LogP contribution >= 0.6 is 12.6 Å². The summed E-state index contributed by atoms with van der Waals surface area (Å²) < 4.78 is 5.27. The first kappa shape index (κ1) is 17.1. The van der Waals surface area contributed by atoms with Crippen molar-refractivity contribution in [2.45, 2.75) is 39.2 Å². The monoisotopic (exact) mass is 302 g/mol. The predicted molar refractivity (Wildman–Crippen MR) is 82.0 cm³/mol. The van der Waals surface area contributed by atoms with Gasteiger partial charge in [-0.1, -0.05) is 0 Å². The molecule has 0 bridgehead atoms. The van der Waals surface area contributed by atoms with Gasteiger partial charge in [0.25, 0.3) is 0 Å². The van der Waals surface area contributed by atoms with Crippen LogP contribution in [-0.2, 0) is 9.53 Å². The van der Waals surface area contributed by atoms with Crippen molar-refractivity contribution in [1.82, 2.24) is 9.80 Å². The van der Waals surface area contributed by atoms with E-state index in [4.69, 9.17) is 4.74 Å². The number of nitrogens with zero attached hydrogens (tertiary/aromatic N) is 2. The Morgan fingerprint density at radius 2 is 2.15 bits per heavy atom. The standard InChI is InChI=1S/C14H26N2O3S/c1-14(2,3)19-13(18)15(4)6-5-7-16-9-11(10-20)8-12(16)17/h11,20H,5-10H2,1-4H3. The van der Waals surface area contributed by atoms with Crippen molar-refractivity contribution < 1.29 is 14.3 Å². The number of rotatable bonds is 5. The molecule has 0 saturated carbocycles. The van der Waals surface area contributed by atoms with Gasteiger partial charge in [0.05, 0.1) is 0 Å². The molecule has 1 unspecified atom stereocenters. The van der Waals surface area contributed by atoms with Crippen molar-refractivity contribution in [3.63, 3.8) is 0 Å². The first-order chi connectivity index (χ1) is 9.23. The lowest BCUT2D eigenvalue weighted by atomic mass is 10.1. The van der Waals surface area contributed by atoms with E-state index in [1.54, 1.807) is 11.9 Å². The normalized spacial score (nSPS) is 19.4. The molecule has 0 spiro atoms. The first-order valence-electron chi connectivity index (χ1n) is 7.05. The Hall–Kier alpha value is -0.910. The van der Waals surface area contributed by atoms with E-state index in [1.165, 1.54) is 0 Å². The van der Waals surface area contributed by atoms with E-state index < -0.39 is 5.60 Å². The van der Waals surface area contributed by atoms with Crippen molar-refractivity contribution in [3.05, 3.63) is 0 Å². The molecular formula is C14H26N2O3S. The molecule has 1 aliphatic rings. The van der Waals surface area contributed by atoms with Gasteiger partial charge < -0.3 is 14.5 Å². The van der Waals surface area contributed by atoms with E-state index in [1.807, 2.05) is 25.7 Å². The lowest BCUT2D eigenvalue weighted by molar-refractivity contribution is -0.127. The second kappa shape index (κ2) is 7.20. The molecule has 1 atom stereocenters. The molecule has 20 heavy (non-hydrogen) atoms. The number of hydrogen-bond acceptors (Lipinski definition) is 4. The summed E-state index contributed by atoms with van der Waals surface area (Å²) in [5, 5.41) is 0. The summed E-state index contributed by atoms with van der Waals surface area (Å²) in [6, 6.07) is 0. The van der Waals surface area contributed by atoms with Crippen LogP contribution in [0.25, 0.3) is 0 Å². The summed E-state index contributed by atoms with van der Waals surface area (Å²) in [6.45, 7) is 7.61. The van der Waals surface area contributed by atoms with Gasteiger partial charge in [0.15, 0.2) is 0 Å². The fraction of sp³-hybridized carbons (Fsp3) is 0.857. The fourth-order valence-electron chi connectivity index (χ4n) is 2.12. The second-order valence-electron chi connectivity index (χ2n) is 6.35. The van der Waals surface area contributed by atoms with Gasteiger partial charge in [-0.25, -0.2) is 4.79 Å². The summed E-state index contributed by atoms with van der Waals surface area (Å²) in [6.07, 6.45) is 1.05. The zero-order valence-corrected chi connectivity index (χ0v) is 13.8. The highest BCUT2D eigenvalue weighted by Crippen LogP contribution is 2.18. The molecule has 0 aromatic rings. The van der Waals surface area contributed by atoms with Crippen LogP contribution in [0, 0.1) is 5.92 Å². The molecule has 1 saturated heterocycles. The van der Waals surface area contributed by atoms with Crippen LogP contribution < -0.4 is 0 Å². The third-order valence-corrected chi connectivity index (χ3v) is 3.70. The van der Waals surface area contributed by atoms with Crippen molar-refractivity contribution >= 4 is 24.6 Å². The van der Waals surface area contributed by atoms with Gasteiger partial charge in [-0.2, -0.15) is 12.6 Å². The Bertz CT molecular complexity index is 355. The fourth-order valence-corrected chi connectivity index (χ4v) is 2.37. The molecule has 6 heteroatoms.